The number of likely N-dealkylation sites (N-methyl/N-ethyl adjacent to an activating group) is 1. The summed E-state index contributed by atoms with van der Waals surface area (Å²) in [6.45, 7) is 10.1. The van der Waals surface area contributed by atoms with E-state index in [2.05, 4.69) is 41.0 Å². The van der Waals surface area contributed by atoms with Crippen LogP contribution in [0.25, 0.3) is 0 Å². The van der Waals surface area contributed by atoms with Crippen molar-refractivity contribution in [2.75, 3.05) is 36.5 Å². The molecule has 1 unspecified atom stereocenters. The maximum atomic E-state index is 5.78. The molecular formula is C16H28N4O. The van der Waals surface area contributed by atoms with Crippen LogP contribution in [0.15, 0.2) is 6.33 Å². The van der Waals surface area contributed by atoms with Gasteiger partial charge in [0.2, 0.25) is 0 Å². The Kier molecular flexibility index (Phi) is 6.23. The Labute approximate surface area is 128 Å². The zero-order chi connectivity index (χ0) is 15.1. The van der Waals surface area contributed by atoms with Crippen molar-refractivity contribution in [2.45, 2.75) is 52.6 Å². The Bertz CT molecular complexity index is 432. The summed E-state index contributed by atoms with van der Waals surface area (Å²) in [5.41, 5.74) is 1.24. The van der Waals surface area contributed by atoms with E-state index >= 15 is 0 Å². The number of rotatable bonds is 8. The molecule has 0 aliphatic carbocycles. The lowest BCUT2D eigenvalue weighted by Crippen LogP contribution is -2.33. The molecule has 0 radical (unpaired) electrons. The molecule has 5 nitrogen and oxygen atoms in total. The van der Waals surface area contributed by atoms with Crippen LogP contribution in [0.1, 0.15) is 45.6 Å². The number of nitrogens with one attached hydrogen (secondary N) is 1. The molecule has 1 saturated heterocycles. The van der Waals surface area contributed by atoms with Crippen LogP contribution in [0, 0.1) is 0 Å². The van der Waals surface area contributed by atoms with Gasteiger partial charge in [-0.1, -0.05) is 13.3 Å². The van der Waals surface area contributed by atoms with Gasteiger partial charge < -0.3 is 15.0 Å². The average Bonchev–Trinajstić information content (AvgIpc) is 3.00. The summed E-state index contributed by atoms with van der Waals surface area (Å²) in [7, 11) is 0. The first-order valence-electron chi connectivity index (χ1n) is 8.24. The molecule has 1 aromatic rings. The van der Waals surface area contributed by atoms with Crippen LogP contribution in [0.2, 0.25) is 0 Å². The van der Waals surface area contributed by atoms with E-state index in [-0.39, 0.29) is 0 Å². The molecule has 0 saturated carbocycles. The zero-order valence-electron chi connectivity index (χ0n) is 13.6. The number of hydrogen-bond donors (Lipinski definition) is 1. The molecule has 0 spiro atoms. The summed E-state index contributed by atoms with van der Waals surface area (Å²) in [5, 5.41) is 3.36. The summed E-state index contributed by atoms with van der Waals surface area (Å²) < 4.78 is 5.78. The highest BCUT2D eigenvalue weighted by Crippen LogP contribution is 2.26. The van der Waals surface area contributed by atoms with Crippen LogP contribution in [0.5, 0.6) is 0 Å². The summed E-state index contributed by atoms with van der Waals surface area (Å²) in [6.07, 6.45) is 6.44. The Morgan fingerprint density at radius 3 is 2.81 bits per heavy atom. The van der Waals surface area contributed by atoms with Crippen molar-refractivity contribution < 1.29 is 4.74 Å². The maximum absolute atomic E-state index is 5.78. The fourth-order valence-corrected chi connectivity index (χ4v) is 2.88. The quantitative estimate of drug-likeness (QED) is 0.798. The molecule has 2 rings (SSSR count). The maximum Gasteiger partial charge on any atom is 0.137 e. The number of aromatic nitrogens is 2. The van der Waals surface area contributed by atoms with Gasteiger partial charge in [-0.25, -0.2) is 9.97 Å². The van der Waals surface area contributed by atoms with Crippen molar-refractivity contribution in [1.82, 2.24) is 9.97 Å². The molecule has 118 valence electrons. The second-order valence-electron chi connectivity index (χ2n) is 5.48. The van der Waals surface area contributed by atoms with Crippen molar-refractivity contribution in [2.24, 2.45) is 0 Å². The van der Waals surface area contributed by atoms with Crippen molar-refractivity contribution in [3.05, 3.63) is 11.9 Å². The lowest BCUT2D eigenvalue weighted by molar-refractivity contribution is 0.115. The highest BCUT2D eigenvalue weighted by atomic mass is 16.5. The third kappa shape index (κ3) is 4.06. The van der Waals surface area contributed by atoms with Gasteiger partial charge in [0.25, 0.3) is 0 Å². The predicted molar refractivity (Wildman–Crippen MR) is 87.1 cm³/mol. The van der Waals surface area contributed by atoms with Crippen LogP contribution in [0.3, 0.4) is 0 Å². The van der Waals surface area contributed by atoms with Crippen LogP contribution in [-0.4, -0.2) is 42.3 Å². The topological polar surface area (TPSA) is 50.3 Å². The van der Waals surface area contributed by atoms with Gasteiger partial charge >= 0.3 is 0 Å². The molecule has 1 aromatic heterocycles. The number of nitrogens with zero attached hydrogens (tertiary/aromatic N) is 3. The molecule has 1 aliphatic rings. The standard InChI is InChI=1S/C16H28N4O/c1-4-8-14-15(17-5-2)18-12-19-16(14)20(6-3)11-13-9-7-10-21-13/h12-13H,4-11H2,1-3H3,(H,17,18,19). The molecule has 1 N–H and O–H groups in total. The van der Waals surface area contributed by atoms with Crippen molar-refractivity contribution in [3.8, 4) is 0 Å². The molecule has 1 fully saturated rings. The average molecular weight is 292 g/mol. The Balaban J connectivity index is 2.23. The second-order valence-corrected chi connectivity index (χ2v) is 5.48. The van der Waals surface area contributed by atoms with Crippen molar-refractivity contribution >= 4 is 11.6 Å². The normalized spacial score (nSPS) is 18.0. The number of hydrogen-bond acceptors (Lipinski definition) is 5. The van der Waals surface area contributed by atoms with E-state index in [1.54, 1.807) is 6.33 Å². The third-order valence-corrected chi connectivity index (χ3v) is 3.90. The van der Waals surface area contributed by atoms with Crippen LogP contribution >= 0.6 is 0 Å². The van der Waals surface area contributed by atoms with Gasteiger partial charge in [0, 0.05) is 31.8 Å². The molecule has 0 aromatic carbocycles. The van der Waals surface area contributed by atoms with Crippen LogP contribution in [-0.2, 0) is 11.2 Å². The fraction of sp³-hybridized carbons (Fsp3) is 0.750. The van der Waals surface area contributed by atoms with Crippen molar-refractivity contribution in [1.29, 1.82) is 0 Å². The SMILES string of the molecule is CCCc1c(NCC)ncnc1N(CC)CC1CCCO1. The van der Waals surface area contributed by atoms with E-state index in [0.29, 0.717) is 6.10 Å². The van der Waals surface area contributed by atoms with E-state index in [1.165, 1.54) is 12.0 Å². The summed E-state index contributed by atoms with van der Waals surface area (Å²) >= 11 is 0. The minimum Gasteiger partial charge on any atom is -0.376 e. The fourth-order valence-electron chi connectivity index (χ4n) is 2.88. The first-order chi connectivity index (χ1) is 10.3. The monoisotopic (exact) mass is 292 g/mol. The molecule has 0 amide bonds. The Hall–Kier alpha value is -1.36. The Morgan fingerprint density at radius 2 is 2.19 bits per heavy atom. The summed E-state index contributed by atoms with van der Waals surface area (Å²) in [6, 6.07) is 0. The first-order valence-corrected chi connectivity index (χ1v) is 8.24. The molecule has 0 bridgehead atoms. The van der Waals surface area contributed by atoms with Crippen LogP contribution < -0.4 is 10.2 Å². The van der Waals surface area contributed by atoms with E-state index < -0.39 is 0 Å². The van der Waals surface area contributed by atoms with E-state index in [4.69, 9.17) is 4.74 Å². The second kappa shape index (κ2) is 8.17. The molecule has 21 heavy (non-hydrogen) atoms. The van der Waals surface area contributed by atoms with Gasteiger partial charge in [-0.3, -0.25) is 0 Å². The lowest BCUT2D eigenvalue weighted by Gasteiger charge is -2.27. The van der Waals surface area contributed by atoms with Gasteiger partial charge in [-0.05, 0) is 33.1 Å². The lowest BCUT2D eigenvalue weighted by atomic mass is 10.1. The van der Waals surface area contributed by atoms with E-state index in [0.717, 1.165) is 57.1 Å². The van der Waals surface area contributed by atoms with Gasteiger partial charge in [0.15, 0.2) is 0 Å². The van der Waals surface area contributed by atoms with Gasteiger partial charge in [-0.15, -0.1) is 0 Å². The number of ether oxygens (including phenoxy) is 1. The highest BCUT2D eigenvalue weighted by Gasteiger charge is 2.22. The predicted octanol–water partition coefficient (Wildman–Crippen LogP) is 2.87. The summed E-state index contributed by atoms with van der Waals surface area (Å²) in [5.74, 6) is 2.05. The molecular weight excluding hydrogens is 264 g/mol. The van der Waals surface area contributed by atoms with Gasteiger partial charge in [0.1, 0.15) is 18.0 Å². The minimum absolute atomic E-state index is 0.344. The van der Waals surface area contributed by atoms with E-state index in [9.17, 15) is 0 Å². The minimum atomic E-state index is 0.344. The zero-order valence-corrected chi connectivity index (χ0v) is 13.6. The largest absolute Gasteiger partial charge is 0.376 e. The third-order valence-electron chi connectivity index (χ3n) is 3.90. The first kappa shape index (κ1) is 16.0. The van der Waals surface area contributed by atoms with Crippen molar-refractivity contribution in [3.63, 3.8) is 0 Å². The highest BCUT2D eigenvalue weighted by molar-refractivity contribution is 5.59. The van der Waals surface area contributed by atoms with E-state index in [1.807, 2.05) is 0 Å². The molecule has 1 atom stereocenters. The smallest absolute Gasteiger partial charge is 0.137 e. The molecule has 5 heteroatoms. The summed E-state index contributed by atoms with van der Waals surface area (Å²) in [4.78, 5) is 11.3. The Morgan fingerprint density at radius 1 is 1.33 bits per heavy atom. The van der Waals surface area contributed by atoms with Crippen LogP contribution in [0.4, 0.5) is 11.6 Å². The van der Waals surface area contributed by atoms with Gasteiger partial charge in [-0.2, -0.15) is 0 Å². The van der Waals surface area contributed by atoms with Gasteiger partial charge in [0.05, 0.1) is 6.10 Å². The number of anilines is 2. The molecule has 2 heterocycles. The molecule has 1 aliphatic heterocycles.